The molecule has 1 saturated carbocycles. The lowest BCUT2D eigenvalue weighted by Gasteiger charge is -2.15. The monoisotopic (exact) mass is 376 g/mol. The highest BCUT2D eigenvalue weighted by Gasteiger charge is 2.34. The van der Waals surface area contributed by atoms with Crippen molar-refractivity contribution in [2.24, 2.45) is 11.7 Å². The number of hydrogen-bond acceptors (Lipinski definition) is 3. The van der Waals surface area contributed by atoms with E-state index in [4.69, 9.17) is 15.1 Å². The maximum atomic E-state index is 11.3. The van der Waals surface area contributed by atoms with Gasteiger partial charge in [0.2, 0.25) is 5.91 Å². The Morgan fingerprint density at radius 3 is 2.61 bits per heavy atom. The van der Waals surface area contributed by atoms with Crippen molar-refractivity contribution in [2.45, 2.75) is 57.3 Å². The molecular weight excluding hydrogens is 348 g/mol. The van der Waals surface area contributed by atoms with Gasteiger partial charge in [0.1, 0.15) is 5.52 Å². The van der Waals surface area contributed by atoms with E-state index in [-0.39, 0.29) is 5.91 Å². The van der Waals surface area contributed by atoms with E-state index in [9.17, 15) is 4.79 Å². The van der Waals surface area contributed by atoms with Gasteiger partial charge in [0, 0.05) is 18.4 Å². The maximum Gasteiger partial charge on any atom is 0.217 e. The minimum Gasteiger partial charge on any atom is -0.440 e. The third kappa shape index (κ3) is 4.61. The van der Waals surface area contributed by atoms with Crippen LogP contribution >= 0.6 is 0 Å². The van der Waals surface area contributed by atoms with Crippen LogP contribution in [0.1, 0.15) is 61.5 Å². The van der Waals surface area contributed by atoms with Gasteiger partial charge in [-0.3, -0.25) is 4.79 Å². The molecule has 4 heteroatoms. The Morgan fingerprint density at radius 1 is 1.07 bits per heavy atom. The maximum absolute atomic E-state index is 11.3. The lowest BCUT2D eigenvalue weighted by atomic mass is 9.89. The van der Waals surface area contributed by atoms with E-state index in [1.807, 2.05) is 6.07 Å². The number of aromatic nitrogens is 1. The molecule has 0 radical (unpaired) electrons. The standard InChI is InChI=1S/C24H28N2O2/c25-22(27)16-15-19(18-13-14-18)20-10-6-11-21-24(20)28-23(26-21)12-5-4-9-17-7-2-1-3-8-17/h1-3,6-8,10-11,18-19H,4-5,9,12-16H2,(H2,25,27). The third-order valence-electron chi connectivity index (χ3n) is 5.73. The number of primary amides is 1. The lowest BCUT2D eigenvalue weighted by Crippen LogP contribution is -2.13. The van der Waals surface area contributed by atoms with Crippen molar-refractivity contribution < 1.29 is 9.21 Å². The minimum absolute atomic E-state index is 0.227. The summed E-state index contributed by atoms with van der Waals surface area (Å²) in [7, 11) is 0. The summed E-state index contributed by atoms with van der Waals surface area (Å²) in [5.41, 5.74) is 9.80. The number of rotatable bonds is 10. The average molecular weight is 377 g/mol. The lowest BCUT2D eigenvalue weighted by molar-refractivity contribution is -0.118. The number of amides is 1. The molecule has 2 N–H and O–H groups in total. The fourth-order valence-corrected chi connectivity index (χ4v) is 4.11. The summed E-state index contributed by atoms with van der Waals surface area (Å²) in [5.74, 6) is 1.58. The molecule has 0 saturated heterocycles. The molecule has 0 spiro atoms. The van der Waals surface area contributed by atoms with Gasteiger partial charge < -0.3 is 10.2 Å². The number of fused-ring (bicyclic) bond motifs is 1. The van der Waals surface area contributed by atoms with Crippen LogP contribution in [-0.4, -0.2) is 10.9 Å². The van der Waals surface area contributed by atoms with E-state index in [0.717, 1.165) is 49.1 Å². The zero-order valence-corrected chi connectivity index (χ0v) is 16.3. The first-order valence-electron chi connectivity index (χ1n) is 10.4. The second kappa shape index (κ2) is 8.59. The highest BCUT2D eigenvalue weighted by Crippen LogP contribution is 2.46. The van der Waals surface area contributed by atoms with Crippen molar-refractivity contribution in [3.8, 4) is 0 Å². The minimum atomic E-state index is -0.227. The van der Waals surface area contributed by atoms with Crippen LogP contribution in [-0.2, 0) is 17.6 Å². The van der Waals surface area contributed by atoms with Crippen molar-refractivity contribution in [2.75, 3.05) is 0 Å². The van der Waals surface area contributed by atoms with Gasteiger partial charge in [-0.25, -0.2) is 4.98 Å². The van der Waals surface area contributed by atoms with Gasteiger partial charge in [0.05, 0.1) is 0 Å². The van der Waals surface area contributed by atoms with Gasteiger partial charge >= 0.3 is 0 Å². The van der Waals surface area contributed by atoms with Crippen LogP contribution in [0.4, 0.5) is 0 Å². The predicted molar refractivity (Wildman–Crippen MR) is 111 cm³/mol. The van der Waals surface area contributed by atoms with E-state index in [1.165, 1.54) is 24.0 Å². The summed E-state index contributed by atoms with van der Waals surface area (Å²) in [6.07, 6.45) is 7.80. The molecule has 1 aliphatic carbocycles. The molecule has 146 valence electrons. The Labute approximate surface area is 166 Å². The summed E-state index contributed by atoms with van der Waals surface area (Å²) in [6, 6.07) is 16.8. The molecule has 1 aromatic heterocycles. The zero-order chi connectivity index (χ0) is 19.3. The van der Waals surface area contributed by atoms with Crippen LogP contribution in [0.5, 0.6) is 0 Å². The number of aryl methyl sites for hydroxylation is 2. The van der Waals surface area contributed by atoms with Crippen molar-refractivity contribution >= 4 is 17.0 Å². The third-order valence-corrected chi connectivity index (χ3v) is 5.73. The van der Waals surface area contributed by atoms with Gasteiger partial charge in [0.15, 0.2) is 11.5 Å². The van der Waals surface area contributed by atoms with E-state index < -0.39 is 0 Å². The number of unbranched alkanes of at least 4 members (excludes halogenated alkanes) is 1. The fraction of sp³-hybridized carbons (Fsp3) is 0.417. The molecule has 1 amide bonds. The van der Waals surface area contributed by atoms with E-state index in [2.05, 4.69) is 42.5 Å². The summed E-state index contributed by atoms with van der Waals surface area (Å²) in [6.45, 7) is 0. The zero-order valence-electron chi connectivity index (χ0n) is 16.3. The molecular formula is C24H28N2O2. The smallest absolute Gasteiger partial charge is 0.217 e. The van der Waals surface area contributed by atoms with E-state index >= 15 is 0 Å². The number of carbonyl (C=O) groups is 1. The first kappa shape index (κ1) is 18.7. The van der Waals surface area contributed by atoms with Crippen LogP contribution < -0.4 is 5.73 Å². The van der Waals surface area contributed by atoms with Crippen molar-refractivity contribution in [1.29, 1.82) is 0 Å². The Kier molecular flexibility index (Phi) is 5.75. The normalized spacial score (nSPS) is 15.0. The number of para-hydroxylation sites is 1. The van der Waals surface area contributed by atoms with Gasteiger partial charge in [0.25, 0.3) is 0 Å². The molecule has 1 unspecified atom stereocenters. The quantitative estimate of drug-likeness (QED) is 0.497. The van der Waals surface area contributed by atoms with Crippen LogP contribution in [0, 0.1) is 5.92 Å². The number of nitrogens with two attached hydrogens (primary N) is 1. The number of hydrogen-bond donors (Lipinski definition) is 1. The van der Waals surface area contributed by atoms with Crippen LogP contribution in [0.2, 0.25) is 0 Å². The summed E-state index contributed by atoms with van der Waals surface area (Å²) in [4.78, 5) is 16.0. The van der Waals surface area contributed by atoms with Gasteiger partial charge in [-0.2, -0.15) is 0 Å². The first-order chi connectivity index (χ1) is 13.7. The molecule has 4 rings (SSSR count). The molecule has 1 aliphatic rings. The molecule has 1 atom stereocenters. The van der Waals surface area contributed by atoms with Gasteiger partial charge in [-0.15, -0.1) is 0 Å². The molecule has 28 heavy (non-hydrogen) atoms. The molecule has 2 aromatic carbocycles. The number of benzene rings is 2. The molecule has 1 fully saturated rings. The SMILES string of the molecule is NC(=O)CCC(c1cccc2nc(CCCCc3ccccc3)oc12)C1CC1. The number of carbonyl (C=O) groups excluding carboxylic acids is 1. The second-order valence-corrected chi connectivity index (χ2v) is 7.94. The summed E-state index contributed by atoms with van der Waals surface area (Å²) >= 11 is 0. The largest absolute Gasteiger partial charge is 0.440 e. The topological polar surface area (TPSA) is 69.1 Å². The fourth-order valence-electron chi connectivity index (χ4n) is 4.11. The Bertz CT molecular complexity index is 928. The predicted octanol–water partition coefficient (Wildman–Crippen LogP) is 5.15. The van der Waals surface area contributed by atoms with Crippen molar-refractivity contribution in [1.82, 2.24) is 4.98 Å². The molecule has 0 aliphatic heterocycles. The average Bonchev–Trinajstić information content (AvgIpc) is 3.44. The van der Waals surface area contributed by atoms with Gasteiger partial charge in [-0.05, 0) is 62.0 Å². The number of nitrogens with zero attached hydrogens (tertiary/aromatic N) is 1. The van der Waals surface area contributed by atoms with Gasteiger partial charge in [-0.1, -0.05) is 42.5 Å². The molecule has 3 aromatic rings. The van der Waals surface area contributed by atoms with E-state index in [1.54, 1.807) is 0 Å². The van der Waals surface area contributed by atoms with Crippen molar-refractivity contribution in [3.05, 3.63) is 65.5 Å². The first-order valence-corrected chi connectivity index (χ1v) is 10.4. The highest BCUT2D eigenvalue weighted by atomic mass is 16.3. The highest BCUT2D eigenvalue weighted by molar-refractivity contribution is 5.77. The van der Waals surface area contributed by atoms with Crippen LogP contribution in [0.15, 0.2) is 52.9 Å². The Balaban J connectivity index is 1.43. The number of oxazole rings is 1. The van der Waals surface area contributed by atoms with Crippen molar-refractivity contribution in [3.63, 3.8) is 0 Å². The van der Waals surface area contributed by atoms with Crippen LogP contribution in [0.25, 0.3) is 11.1 Å². The van der Waals surface area contributed by atoms with E-state index in [0.29, 0.717) is 18.3 Å². The summed E-state index contributed by atoms with van der Waals surface area (Å²) < 4.78 is 6.19. The summed E-state index contributed by atoms with van der Waals surface area (Å²) in [5, 5.41) is 0. The second-order valence-electron chi connectivity index (χ2n) is 7.94. The Morgan fingerprint density at radius 2 is 1.86 bits per heavy atom. The Hall–Kier alpha value is -2.62. The van der Waals surface area contributed by atoms with Crippen LogP contribution in [0.3, 0.4) is 0 Å². The molecule has 0 bridgehead atoms. The molecule has 1 heterocycles. The molecule has 4 nitrogen and oxygen atoms in total.